The number of amides is 1. The number of aliphatic hydroxyl groups is 1. The molecule has 11 heteroatoms. The van der Waals surface area contributed by atoms with Gasteiger partial charge in [-0.15, -0.1) is 0 Å². The number of aliphatic hydroxyl groups excluding tert-OH is 1. The monoisotopic (exact) mass is 509 g/mol. The summed E-state index contributed by atoms with van der Waals surface area (Å²) in [5.74, 6) is 0.743. The summed E-state index contributed by atoms with van der Waals surface area (Å²) in [6.07, 6.45) is -0.583. The van der Waals surface area contributed by atoms with E-state index in [1.165, 1.54) is 12.1 Å². The Morgan fingerprint density at radius 1 is 1.00 bits per heavy atom. The zero-order valence-electron chi connectivity index (χ0n) is 21.2. The summed E-state index contributed by atoms with van der Waals surface area (Å²) in [7, 11) is 0. The number of carbonyl (C=O) groups is 1. The number of nitrogens with one attached hydrogen (secondary N) is 1. The molecule has 1 amide bonds. The molecule has 1 unspecified atom stereocenters. The molecule has 2 heterocycles. The van der Waals surface area contributed by atoms with E-state index in [0.717, 1.165) is 11.6 Å². The first kappa shape index (κ1) is 26.0. The highest BCUT2D eigenvalue weighted by molar-refractivity contribution is 5.95. The predicted molar refractivity (Wildman–Crippen MR) is 131 cm³/mol. The molecule has 0 aliphatic carbocycles. The van der Waals surface area contributed by atoms with Crippen LogP contribution in [-0.2, 0) is 0 Å². The maximum absolute atomic E-state index is 14.7. The van der Waals surface area contributed by atoms with Crippen LogP contribution in [0.4, 0.5) is 4.39 Å². The highest BCUT2D eigenvalue weighted by Crippen LogP contribution is 2.27. The molecule has 0 fully saturated rings. The lowest BCUT2D eigenvalue weighted by molar-refractivity contribution is 0.0865. The van der Waals surface area contributed by atoms with Gasteiger partial charge in [0.15, 0.2) is 6.10 Å². The molecule has 0 aliphatic rings. The average Bonchev–Trinajstić information content (AvgIpc) is 3.55. The molecular formula is C26H28FN5O5. The normalized spacial score (nSPS) is 12.5. The molecule has 194 valence electrons. The first-order chi connectivity index (χ1) is 17.6. The van der Waals surface area contributed by atoms with Gasteiger partial charge in [0.1, 0.15) is 11.6 Å². The third kappa shape index (κ3) is 6.00. The van der Waals surface area contributed by atoms with E-state index in [9.17, 15) is 14.3 Å². The van der Waals surface area contributed by atoms with Crippen LogP contribution in [0.25, 0.3) is 22.8 Å². The van der Waals surface area contributed by atoms with Crippen LogP contribution in [0.1, 0.15) is 68.8 Å². The van der Waals surface area contributed by atoms with Crippen molar-refractivity contribution in [2.45, 2.75) is 52.2 Å². The molecule has 2 aromatic heterocycles. The van der Waals surface area contributed by atoms with Gasteiger partial charge >= 0.3 is 0 Å². The fourth-order valence-electron chi connectivity index (χ4n) is 3.29. The van der Waals surface area contributed by atoms with Crippen molar-refractivity contribution in [3.05, 3.63) is 65.6 Å². The van der Waals surface area contributed by atoms with Gasteiger partial charge in [-0.05, 0) is 57.2 Å². The lowest BCUT2D eigenvalue weighted by Gasteiger charge is -2.23. The Balaban J connectivity index is 1.42. The second-order valence-electron chi connectivity index (χ2n) is 9.54. The Morgan fingerprint density at radius 2 is 1.59 bits per heavy atom. The zero-order valence-corrected chi connectivity index (χ0v) is 21.2. The summed E-state index contributed by atoms with van der Waals surface area (Å²) in [6, 6.07) is 11.2. The zero-order chi connectivity index (χ0) is 26.7. The quantitative estimate of drug-likeness (QED) is 0.329. The molecule has 1 atom stereocenters. The van der Waals surface area contributed by atoms with E-state index in [4.69, 9.17) is 13.8 Å². The van der Waals surface area contributed by atoms with Crippen LogP contribution in [0, 0.1) is 5.82 Å². The standard InChI is InChI=1S/C26H28FN5O5/c1-14(2)24-28-21(31-36-24)16-6-9-18(10-7-16)35-15(3)25-29-22(32-37-25)17-8-11-19(20(27)12-17)23(34)30-26(4,5)13-33/h6-12,14-15,33H,13H2,1-5H3,(H,30,34). The Morgan fingerprint density at radius 3 is 2.19 bits per heavy atom. The van der Waals surface area contributed by atoms with Crippen LogP contribution in [0.2, 0.25) is 0 Å². The van der Waals surface area contributed by atoms with E-state index in [2.05, 4.69) is 25.6 Å². The second kappa shape index (κ2) is 10.5. The molecule has 4 aromatic rings. The fraction of sp³-hybridized carbons (Fsp3) is 0.346. The topological polar surface area (TPSA) is 136 Å². The van der Waals surface area contributed by atoms with Crippen molar-refractivity contribution in [2.75, 3.05) is 6.61 Å². The summed E-state index contributed by atoms with van der Waals surface area (Å²) in [4.78, 5) is 21.0. The van der Waals surface area contributed by atoms with E-state index < -0.39 is 23.4 Å². The number of carbonyl (C=O) groups excluding carboxylic acids is 1. The summed E-state index contributed by atoms with van der Waals surface area (Å²) in [5, 5.41) is 19.8. The number of halogens is 1. The molecule has 2 aromatic carbocycles. The predicted octanol–water partition coefficient (Wildman–Crippen LogP) is 4.69. The molecule has 10 nitrogen and oxygen atoms in total. The molecule has 0 radical (unpaired) electrons. The Hall–Kier alpha value is -4.12. The molecule has 0 spiro atoms. The van der Waals surface area contributed by atoms with Crippen molar-refractivity contribution in [3.63, 3.8) is 0 Å². The Kier molecular flexibility index (Phi) is 7.35. The maximum atomic E-state index is 14.7. The van der Waals surface area contributed by atoms with Gasteiger partial charge in [0, 0.05) is 17.0 Å². The van der Waals surface area contributed by atoms with E-state index >= 15 is 0 Å². The van der Waals surface area contributed by atoms with E-state index in [0.29, 0.717) is 23.0 Å². The smallest absolute Gasteiger partial charge is 0.267 e. The van der Waals surface area contributed by atoms with Crippen molar-refractivity contribution < 1.29 is 28.1 Å². The third-order valence-corrected chi connectivity index (χ3v) is 5.47. The summed E-state index contributed by atoms with van der Waals surface area (Å²) in [5.41, 5.74) is 0.0824. The van der Waals surface area contributed by atoms with Crippen LogP contribution >= 0.6 is 0 Å². The SMILES string of the molecule is CC(C)c1nc(-c2ccc(OC(C)c3nc(-c4ccc(C(=O)NC(C)(C)CO)c(F)c4)no3)cc2)no1. The minimum Gasteiger partial charge on any atom is -0.481 e. The van der Waals surface area contributed by atoms with Gasteiger partial charge in [0.25, 0.3) is 11.8 Å². The van der Waals surface area contributed by atoms with Gasteiger partial charge in [-0.1, -0.05) is 30.2 Å². The molecule has 0 saturated carbocycles. The van der Waals surface area contributed by atoms with Gasteiger partial charge in [0.2, 0.25) is 17.5 Å². The number of benzene rings is 2. The van der Waals surface area contributed by atoms with Gasteiger partial charge in [-0.25, -0.2) is 4.39 Å². The van der Waals surface area contributed by atoms with Gasteiger partial charge < -0.3 is 24.2 Å². The fourth-order valence-corrected chi connectivity index (χ4v) is 3.29. The average molecular weight is 510 g/mol. The van der Waals surface area contributed by atoms with Gasteiger partial charge in [0.05, 0.1) is 17.7 Å². The third-order valence-electron chi connectivity index (χ3n) is 5.47. The van der Waals surface area contributed by atoms with Gasteiger partial charge in [-0.2, -0.15) is 9.97 Å². The summed E-state index contributed by atoms with van der Waals surface area (Å²) >= 11 is 0. The Labute approximate surface area is 212 Å². The highest BCUT2D eigenvalue weighted by Gasteiger charge is 2.23. The summed E-state index contributed by atoms with van der Waals surface area (Å²) < 4.78 is 31.1. The number of ether oxygens (including phenoxy) is 1. The first-order valence-corrected chi connectivity index (χ1v) is 11.7. The molecular weight excluding hydrogens is 481 g/mol. The van der Waals surface area contributed by atoms with Crippen LogP contribution in [-0.4, -0.2) is 43.4 Å². The van der Waals surface area contributed by atoms with Crippen molar-refractivity contribution in [1.82, 2.24) is 25.6 Å². The summed E-state index contributed by atoms with van der Waals surface area (Å²) in [6.45, 7) is 8.68. The minimum atomic E-state index is -0.883. The molecule has 4 rings (SSSR count). The lowest BCUT2D eigenvalue weighted by Crippen LogP contribution is -2.46. The molecule has 0 bridgehead atoms. The van der Waals surface area contributed by atoms with E-state index in [-0.39, 0.29) is 29.8 Å². The van der Waals surface area contributed by atoms with Crippen LogP contribution in [0.3, 0.4) is 0 Å². The maximum Gasteiger partial charge on any atom is 0.267 e. The van der Waals surface area contributed by atoms with Gasteiger partial charge in [-0.3, -0.25) is 4.79 Å². The number of nitrogens with zero attached hydrogens (tertiary/aromatic N) is 4. The lowest BCUT2D eigenvalue weighted by atomic mass is 10.0. The molecule has 0 aliphatic heterocycles. The largest absolute Gasteiger partial charge is 0.481 e. The molecule has 2 N–H and O–H groups in total. The van der Waals surface area contributed by atoms with Crippen molar-refractivity contribution in [3.8, 4) is 28.5 Å². The number of hydrogen-bond acceptors (Lipinski definition) is 9. The van der Waals surface area contributed by atoms with E-state index in [1.807, 2.05) is 26.0 Å². The minimum absolute atomic E-state index is 0.141. The first-order valence-electron chi connectivity index (χ1n) is 11.7. The van der Waals surface area contributed by atoms with Crippen molar-refractivity contribution >= 4 is 5.91 Å². The number of hydrogen-bond donors (Lipinski definition) is 2. The molecule has 0 saturated heterocycles. The van der Waals surface area contributed by atoms with E-state index in [1.54, 1.807) is 32.9 Å². The second-order valence-corrected chi connectivity index (χ2v) is 9.54. The van der Waals surface area contributed by atoms with Crippen molar-refractivity contribution in [1.29, 1.82) is 0 Å². The highest BCUT2D eigenvalue weighted by atomic mass is 19.1. The number of rotatable bonds is 9. The number of aromatic nitrogens is 4. The van der Waals surface area contributed by atoms with Crippen molar-refractivity contribution in [2.24, 2.45) is 0 Å². The Bertz CT molecular complexity index is 1380. The van der Waals surface area contributed by atoms with Crippen LogP contribution in [0.15, 0.2) is 51.5 Å². The van der Waals surface area contributed by atoms with Crippen LogP contribution in [0.5, 0.6) is 5.75 Å². The van der Waals surface area contributed by atoms with Crippen LogP contribution < -0.4 is 10.1 Å². The molecule has 37 heavy (non-hydrogen) atoms.